The molecular weight excluding hydrogens is 326 g/mol. The monoisotopic (exact) mass is 351 g/mol. The summed E-state index contributed by atoms with van der Waals surface area (Å²) < 4.78 is 11.5. The summed E-state index contributed by atoms with van der Waals surface area (Å²) >= 11 is 1.70. The fourth-order valence-corrected chi connectivity index (χ4v) is 4.60. The minimum absolute atomic E-state index is 0.161. The number of rotatable bonds is 3. The van der Waals surface area contributed by atoms with Crippen molar-refractivity contribution in [2.45, 2.75) is 38.5 Å². The summed E-state index contributed by atoms with van der Waals surface area (Å²) in [5.74, 6) is 0.683. The number of likely N-dealkylation sites (tertiary alicyclic amines) is 1. The number of thiazole rings is 1. The molecule has 7 heteroatoms. The number of nitrogens with zero attached hydrogens (tertiary/aromatic N) is 3. The number of aromatic nitrogens is 1. The van der Waals surface area contributed by atoms with Gasteiger partial charge in [-0.3, -0.25) is 9.69 Å². The number of hydrogen-bond acceptors (Lipinski definition) is 6. The van der Waals surface area contributed by atoms with Gasteiger partial charge >= 0.3 is 0 Å². The van der Waals surface area contributed by atoms with Crippen molar-refractivity contribution in [3.63, 3.8) is 0 Å². The number of hydrogen-bond donors (Lipinski definition) is 0. The number of morpholine rings is 1. The molecule has 0 N–H and O–H groups in total. The van der Waals surface area contributed by atoms with Crippen LogP contribution in [-0.2, 0) is 20.8 Å². The normalized spacial score (nSPS) is 31.2. The highest BCUT2D eigenvalue weighted by Crippen LogP contribution is 2.34. The first-order valence-electron chi connectivity index (χ1n) is 8.84. The van der Waals surface area contributed by atoms with Gasteiger partial charge < -0.3 is 14.4 Å². The van der Waals surface area contributed by atoms with Crippen molar-refractivity contribution in [1.29, 1.82) is 0 Å². The van der Waals surface area contributed by atoms with E-state index in [0.29, 0.717) is 32.2 Å². The highest BCUT2D eigenvalue weighted by atomic mass is 32.1. The molecule has 4 heterocycles. The molecule has 0 unspecified atom stereocenters. The number of piperidine rings is 1. The van der Waals surface area contributed by atoms with Crippen molar-refractivity contribution in [1.82, 2.24) is 14.8 Å². The lowest BCUT2D eigenvalue weighted by molar-refractivity contribution is -0.147. The van der Waals surface area contributed by atoms with Crippen LogP contribution in [0.2, 0.25) is 0 Å². The number of amides is 1. The summed E-state index contributed by atoms with van der Waals surface area (Å²) in [5.41, 5.74) is 1.15. The molecule has 4 rings (SSSR count). The predicted molar refractivity (Wildman–Crippen MR) is 90.9 cm³/mol. The highest BCUT2D eigenvalue weighted by Gasteiger charge is 2.43. The van der Waals surface area contributed by atoms with Crippen LogP contribution in [0, 0.1) is 12.8 Å². The molecular formula is C17H25N3O3S. The Bertz CT molecular complexity index is 587. The predicted octanol–water partition coefficient (Wildman–Crippen LogP) is 1.29. The third kappa shape index (κ3) is 3.49. The molecule has 3 atom stereocenters. The maximum absolute atomic E-state index is 12.6. The van der Waals surface area contributed by atoms with E-state index in [-0.39, 0.29) is 18.1 Å². The average molecular weight is 351 g/mol. The Kier molecular flexibility index (Phi) is 4.85. The molecule has 0 spiro atoms. The first-order chi connectivity index (χ1) is 11.7. The lowest BCUT2D eigenvalue weighted by Gasteiger charge is -2.33. The molecule has 132 valence electrons. The van der Waals surface area contributed by atoms with E-state index in [1.807, 2.05) is 11.8 Å². The van der Waals surface area contributed by atoms with Crippen molar-refractivity contribution in [2.24, 2.45) is 5.92 Å². The van der Waals surface area contributed by atoms with E-state index in [1.165, 1.54) is 0 Å². The summed E-state index contributed by atoms with van der Waals surface area (Å²) in [6.45, 7) is 7.60. The third-order valence-corrected chi connectivity index (χ3v) is 6.11. The van der Waals surface area contributed by atoms with Crippen molar-refractivity contribution in [3.05, 3.63) is 16.1 Å². The van der Waals surface area contributed by atoms with Gasteiger partial charge in [-0.2, -0.15) is 0 Å². The van der Waals surface area contributed by atoms with Crippen molar-refractivity contribution in [2.75, 3.05) is 39.4 Å². The second-order valence-electron chi connectivity index (χ2n) is 6.98. The van der Waals surface area contributed by atoms with Gasteiger partial charge in [-0.1, -0.05) is 0 Å². The molecule has 1 aromatic heterocycles. The van der Waals surface area contributed by atoms with Gasteiger partial charge in [0.1, 0.15) is 6.10 Å². The smallest absolute Gasteiger partial charge is 0.251 e. The van der Waals surface area contributed by atoms with E-state index in [1.54, 1.807) is 11.3 Å². The van der Waals surface area contributed by atoms with E-state index in [9.17, 15) is 4.79 Å². The highest BCUT2D eigenvalue weighted by molar-refractivity contribution is 7.09. The van der Waals surface area contributed by atoms with E-state index in [2.05, 4.69) is 15.3 Å². The Balaban J connectivity index is 1.32. The second-order valence-corrected chi connectivity index (χ2v) is 8.04. The Morgan fingerprint density at radius 3 is 2.96 bits per heavy atom. The van der Waals surface area contributed by atoms with Crippen LogP contribution in [0.5, 0.6) is 0 Å². The Morgan fingerprint density at radius 1 is 1.38 bits per heavy atom. The largest absolute Gasteiger partial charge is 0.378 e. The van der Waals surface area contributed by atoms with Gasteiger partial charge in [-0.05, 0) is 32.2 Å². The van der Waals surface area contributed by atoms with Crippen molar-refractivity contribution >= 4 is 17.2 Å². The first-order valence-corrected chi connectivity index (χ1v) is 9.72. The molecule has 6 nitrogen and oxygen atoms in total. The fraction of sp³-hybridized carbons (Fsp3) is 0.765. The molecule has 0 bridgehead atoms. The molecule has 0 saturated carbocycles. The van der Waals surface area contributed by atoms with Crippen LogP contribution in [0.3, 0.4) is 0 Å². The second kappa shape index (κ2) is 7.07. The van der Waals surface area contributed by atoms with Gasteiger partial charge in [-0.25, -0.2) is 4.98 Å². The van der Waals surface area contributed by atoms with E-state index < -0.39 is 0 Å². The van der Waals surface area contributed by atoms with Crippen LogP contribution in [-0.4, -0.2) is 72.3 Å². The molecule has 3 aliphatic rings. The number of fused-ring (bicyclic) bond motifs is 1. The molecule has 3 fully saturated rings. The molecule has 3 saturated heterocycles. The SMILES string of the molecule is Cc1nc(CN2CC[C@@H]3C[C@H](C(=O)N4CCOCC4)O[C@H]3C2)cs1. The fourth-order valence-electron chi connectivity index (χ4n) is 3.99. The van der Waals surface area contributed by atoms with E-state index in [4.69, 9.17) is 9.47 Å². The van der Waals surface area contributed by atoms with Crippen LogP contribution < -0.4 is 0 Å². The number of ether oxygens (including phenoxy) is 2. The zero-order valence-corrected chi connectivity index (χ0v) is 15.0. The van der Waals surface area contributed by atoms with Crippen LogP contribution >= 0.6 is 11.3 Å². The summed E-state index contributed by atoms with van der Waals surface area (Å²) in [6, 6.07) is 0. The molecule has 0 aromatic carbocycles. The Labute approximate surface area is 146 Å². The Morgan fingerprint density at radius 2 is 2.21 bits per heavy atom. The summed E-state index contributed by atoms with van der Waals surface area (Å²) in [4.78, 5) is 21.5. The first kappa shape index (κ1) is 16.4. The van der Waals surface area contributed by atoms with Crippen LogP contribution in [0.1, 0.15) is 23.5 Å². The van der Waals surface area contributed by atoms with Gasteiger partial charge in [-0.15, -0.1) is 11.3 Å². The topological polar surface area (TPSA) is 54.9 Å². The number of carbonyl (C=O) groups is 1. The van der Waals surface area contributed by atoms with Gasteiger partial charge in [0.2, 0.25) is 0 Å². The summed E-state index contributed by atoms with van der Waals surface area (Å²) in [6.07, 6.45) is 1.93. The molecule has 1 amide bonds. The third-order valence-electron chi connectivity index (χ3n) is 5.29. The van der Waals surface area contributed by atoms with Crippen molar-refractivity contribution < 1.29 is 14.3 Å². The Hall–Kier alpha value is -1.02. The zero-order chi connectivity index (χ0) is 16.5. The molecule has 0 aliphatic carbocycles. The maximum Gasteiger partial charge on any atom is 0.251 e. The molecule has 3 aliphatic heterocycles. The van der Waals surface area contributed by atoms with Gasteiger partial charge in [0.15, 0.2) is 0 Å². The molecule has 1 aromatic rings. The van der Waals surface area contributed by atoms with E-state index in [0.717, 1.165) is 43.2 Å². The van der Waals surface area contributed by atoms with Crippen molar-refractivity contribution in [3.8, 4) is 0 Å². The lowest BCUT2D eigenvalue weighted by atomic mass is 9.91. The lowest BCUT2D eigenvalue weighted by Crippen LogP contribution is -2.46. The van der Waals surface area contributed by atoms with E-state index >= 15 is 0 Å². The molecule has 0 radical (unpaired) electrons. The van der Waals surface area contributed by atoms with Gasteiger partial charge in [0.25, 0.3) is 5.91 Å². The molecule has 24 heavy (non-hydrogen) atoms. The van der Waals surface area contributed by atoms with Crippen LogP contribution in [0.4, 0.5) is 0 Å². The quantitative estimate of drug-likeness (QED) is 0.821. The van der Waals surface area contributed by atoms with Crippen LogP contribution in [0.25, 0.3) is 0 Å². The number of carbonyl (C=O) groups excluding carboxylic acids is 1. The zero-order valence-electron chi connectivity index (χ0n) is 14.1. The van der Waals surface area contributed by atoms with Gasteiger partial charge in [0, 0.05) is 31.6 Å². The van der Waals surface area contributed by atoms with Gasteiger partial charge in [0.05, 0.1) is 30.0 Å². The standard InChI is InChI=1S/C17H25N3O3S/c1-12-18-14(11-24-12)9-19-3-2-13-8-15(23-16(13)10-19)17(21)20-4-6-22-7-5-20/h11,13,15-16H,2-10H2,1H3/t13-,15-,16+/m1/s1. The average Bonchev–Trinajstić information content (AvgIpc) is 3.20. The maximum atomic E-state index is 12.6. The summed E-state index contributed by atoms with van der Waals surface area (Å²) in [5, 5.41) is 3.26. The minimum atomic E-state index is -0.250. The summed E-state index contributed by atoms with van der Waals surface area (Å²) in [7, 11) is 0. The minimum Gasteiger partial charge on any atom is -0.378 e. The van der Waals surface area contributed by atoms with Crippen LogP contribution in [0.15, 0.2) is 5.38 Å². The number of aryl methyl sites for hydroxylation is 1.